The molecule has 22 heavy (non-hydrogen) atoms. The zero-order valence-electron chi connectivity index (χ0n) is 12.5. The van der Waals surface area contributed by atoms with Gasteiger partial charge in [-0.15, -0.1) is 0 Å². The Labute approximate surface area is 139 Å². The summed E-state index contributed by atoms with van der Waals surface area (Å²) in [5, 5.41) is -0.276. The van der Waals surface area contributed by atoms with Crippen LogP contribution in [0.2, 0.25) is 0 Å². The van der Waals surface area contributed by atoms with Crippen molar-refractivity contribution >= 4 is 31.7 Å². The van der Waals surface area contributed by atoms with Gasteiger partial charge in [0.15, 0.2) is 0 Å². The van der Waals surface area contributed by atoms with Crippen molar-refractivity contribution in [2.24, 2.45) is 0 Å². The highest BCUT2D eigenvalue weighted by Gasteiger charge is 2.45. The lowest BCUT2D eigenvalue weighted by molar-refractivity contribution is -0.134. The predicted octanol–water partition coefficient (Wildman–Crippen LogP) is 2.56. The first kappa shape index (κ1) is 16.0. The fourth-order valence-electron chi connectivity index (χ4n) is 3.75. The third-order valence-electron chi connectivity index (χ3n) is 4.85. The Bertz CT molecular complexity index is 657. The van der Waals surface area contributed by atoms with Crippen molar-refractivity contribution < 1.29 is 13.2 Å². The molecular formula is C16H20BrNO3S. The number of amides is 1. The minimum atomic E-state index is -3.01. The number of benzene rings is 1. The number of hydrogen-bond donors (Lipinski definition) is 0. The molecule has 0 radical (unpaired) electrons. The maximum absolute atomic E-state index is 12.6. The molecule has 0 saturated carbocycles. The van der Waals surface area contributed by atoms with Crippen LogP contribution in [0.1, 0.15) is 31.2 Å². The SMILES string of the molecule is CS(=O)(=O)C1CC2CCC(C1)N2C(=O)Cc1ccc(Br)cc1. The van der Waals surface area contributed by atoms with Gasteiger partial charge in [0.1, 0.15) is 9.84 Å². The third-order valence-corrected chi connectivity index (χ3v) is 6.98. The van der Waals surface area contributed by atoms with Gasteiger partial charge >= 0.3 is 0 Å². The van der Waals surface area contributed by atoms with E-state index in [9.17, 15) is 13.2 Å². The molecule has 0 aliphatic carbocycles. The summed E-state index contributed by atoms with van der Waals surface area (Å²) in [7, 11) is -3.01. The van der Waals surface area contributed by atoms with Crippen LogP contribution in [0.25, 0.3) is 0 Å². The number of sulfone groups is 1. The van der Waals surface area contributed by atoms with E-state index in [0.29, 0.717) is 19.3 Å². The van der Waals surface area contributed by atoms with Crippen LogP contribution in [0.3, 0.4) is 0 Å². The second-order valence-electron chi connectivity index (χ2n) is 6.41. The summed E-state index contributed by atoms with van der Waals surface area (Å²) in [5.41, 5.74) is 0.998. The van der Waals surface area contributed by atoms with Crippen molar-refractivity contribution in [2.45, 2.75) is 49.4 Å². The van der Waals surface area contributed by atoms with Crippen molar-refractivity contribution in [1.82, 2.24) is 4.90 Å². The van der Waals surface area contributed by atoms with Crippen LogP contribution >= 0.6 is 15.9 Å². The number of fused-ring (bicyclic) bond motifs is 2. The molecule has 6 heteroatoms. The van der Waals surface area contributed by atoms with Crippen molar-refractivity contribution in [2.75, 3.05) is 6.26 Å². The van der Waals surface area contributed by atoms with Crippen LogP contribution in [-0.2, 0) is 21.1 Å². The Morgan fingerprint density at radius 3 is 2.23 bits per heavy atom. The van der Waals surface area contributed by atoms with E-state index >= 15 is 0 Å². The zero-order valence-corrected chi connectivity index (χ0v) is 14.9. The molecule has 3 rings (SSSR count). The van der Waals surface area contributed by atoms with E-state index in [0.717, 1.165) is 22.9 Å². The van der Waals surface area contributed by atoms with Crippen molar-refractivity contribution in [3.8, 4) is 0 Å². The predicted molar refractivity (Wildman–Crippen MR) is 89.4 cm³/mol. The van der Waals surface area contributed by atoms with Gasteiger partial charge in [0.2, 0.25) is 5.91 Å². The Balaban J connectivity index is 1.71. The van der Waals surface area contributed by atoms with Gasteiger partial charge in [-0.1, -0.05) is 28.1 Å². The van der Waals surface area contributed by atoms with E-state index < -0.39 is 9.84 Å². The van der Waals surface area contributed by atoms with E-state index in [-0.39, 0.29) is 23.2 Å². The van der Waals surface area contributed by atoms with Gasteiger partial charge < -0.3 is 4.90 Å². The van der Waals surface area contributed by atoms with Crippen LogP contribution in [-0.4, -0.2) is 42.8 Å². The lowest BCUT2D eigenvalue weighted by atomic mass is 10.0. The highest BCUT2D eigenvalue weighted by atomic mass is 79.9. The summed E-state index contributed by atoms with van der Waals surface area (Å²) in [5.74, 6) is 0.127. The number of hydrogen-bond acceptors (Lipinski definition) is 3. The van der Waals surface area contributed by atoms with Crippen LogP contribution in [0, 0.1) is 0 Å². The molecule has 0 aromatic heterocycles. The maximum atomic E-state index is 12.6. The van der Waals surface area contributed by atoms with Crippen LogP contribution < -0.4 is 0 Å². The number of rotatable bonds is 3. The first-order valence-electron chi connectivity index (χ1n) is 7.59. The molecule has 1 aromatic rings. The highest BCUT2D eigenvalue weighted by Crippen LogP contribution is 2.38. The molecule has 1 aromatic carbocycles. The van der Waals surface area contributed by atoms with E-state index in [4.69, 9.17) is 0 Å². The fourth-order valence-corrected chi connectivity index (χ4v) is 5.16. The van der Waals surface area contributed by atoms with Crippen LogP contribution in [0.15, 0.2) is 28.7 Å². The lowest BCUT2D eigenvalue weighted by Gasteiger charge is -2.38. The third kappa shape index (κ3) is 3.23. The lowest BCUT2D eigenvalue weighted by Crippen LogP contribution is -2.50. The molecular weight excluding hydrogens is 366 g/mol. The number of piperidine rings is 1. The Hall–Kier alpha value is -0.880. The van der Waals surface area contributed by atoms with Crippen molar-refractivity contribution in [3.63, 3.8) is 0 Å². The molecule has 2 aliphatic rings. The van der Waals surface area contributed by atoms with Gasteiger partial charge in [-0.05, 0) is 43.4 Å². The quantitative estimate of drug-likeness (QED) is 0.803. The number of carbonyl (C=O) groups excluding carboxylic acids is 1. The van der Waals surface area contributed by atoms with Crippen molar-refractivity contribution in [3.05, 3.63) is 34.3 Å². The first-order valence-corrected chi connectivity index (χ1v) is 10.3. The molecule has 2 atom stereocenters. The minimum absolute atomic E-state index is 0.0985. The topological polar surface area (TPSA) is 54.5 Å². The molecule has 0 spiro atoms. The van der Waals surface area contributed by atoms with Gasteiger partial charge in [0.05, 0.1) is 11.7 Å². The summed E-state index contributed by atoms with van der Waals surface area (Å²) in [6, 6.07) is 7.98. The molecule has 2 unspecified atom stereocenters. The average Bonchev–Trinajstić information content (AvgIpc) is 2.70. The maximum Gasteiger partial charge on any atom is 0.227 e. The summed E-state index contributed by atoms with van der Waals surface area (Å²) >= 11 is 3.39. The van der Waals surface area contributed by atoms with Gasteiger partial charge in [0, 0.05) is 22.8 Å². The molecule has 2 fully saturated rings. The average molecular weight is 386 g/mol. The molecule has 2 aliphatic heterocycles. The molecule has 2 saturated heterocycles. The van der Waals surface area contributed by atoms with Gasteiger partial charge in [-0.2, -0.15) is 0 Å². The van der Waals surface area contributed by atoms with Gasteiger partial charge in [0.25, 0.3) is 0 Å². The summed E-state index contributed by atoms with van der Waals surface area (Å²) in [6.45, 7) is 0. The van der Waals surface area contributed by atoms with Crippen LogP contribution in [0.4, 0.5) is 0 Å². The van der Waals surface area contributed by atoms with Gasteiger partial charge in [-0.25, -0.2) is 8.42 Å². The number of nitrogens with zero attached hydrogens (tertiary/aromatic N) is 1. The van der Waals surface area contributed by atoms with Crippen LogP contribution in [0.5, 0.6) is 0 Å². The summed E-state index contributed by atoms with van der Waals surface area (Å²) < 4.78 is 24.6. The Morgan fingerprint density at radius 1 is 1.18 bits per heavy atom. The highest BCUT2D eigenvalue weighted by molar-refractivity contribution is 9.10. The normalized spacial score (nSPS) is 27.9. The fraction of sp³-hybridized carbons (Fsp3) is 0.562. The number of carbonyl (C=O) groups is 1. The molecule has 120 valence electrons. The Morgan fingerprint density at radius 2 is 1.73 bits per heavy atom. The molecule has 4 nitrogen and oxygen atoms in total. The summed E-state index contributed by atoms with van der Waals surface area (Å²) in [4.78, 5) is 14.6. The molecule has 2 bridgehead atoms. The second kappa shape index (κ2) is 5.96. The Kier molecular flexibility index (Phi) is 4.34. The second-order valence-corrected chi connectivity index (χ2v) is 9.65. The van der Waals surface area contributed by atoms with Crippen molar-refractivity contribution in [1.29, 1.82) is 0 Å². The minimum Gasteiger partial charge on any atom is -0.336 e. The smallest absolute Gasteiger partial charge is 0.227 e. The molecule has 1 amide bonds. The standard InChI is InChI=1S/C16H20BrNO3S/c1-22(20,21)15-9-13-6-7-14(10-15)18(13)16(19)8-11-2-4-12(17)5-3-11/h2-5,13-15H,6-10H2,1H3. The zero-order chi connectivity index (χ0) is 15.9. The van der Waals surface area contributed by atoms with E-state index in [1.807, 2.05) is 29.2 Å². The van der Waals surface area contributed by atoms with E-state index in [1.165, 1.54) is 6.26 Å². The largest absolute Gasteiger partial charge is 0.336 e. The first-order chi connectivity index (χ1) is 10.3. The monoisotopic (exact) mass is 385 g/mol. The summed E-state index contributed by atoms with van der Waals surface area (Å²) in [6.07, 6.45) is 4.77. The molecule has 2 heterocycles. The van der Waals surface area contributed by atoms with E-state index in [1.54, 1.807) is 0 Å². The van der Waals surface area contributed by atoms with Gasteiger partial charge in [-0.3, -0.25) is 4.79 Å². The van der Waals surface area contributed by atoms with E-state index in [2.05, 4.69) is 15.9 Å². The molecule has 0 N–H and O–H groups in total. The number of halogens is 1.